The highest BCUT2D eigenvalue weighted by Crippen LogP contribution is 2.45. The molecule has 0 aromatic heterocycles. The number of nitrogens with zero attached hydrogens (tertiary/aromatic N) is 2. The molecule has 0 bridgehead atoms. The fourth-order valence-electron chi connectivity index (χ4n) is 3.17. The lowest BCUT2D eigenvalue weighted by Crippen LogP contribution is -2.39. The van der Waals surface area contributed by atoms with Gasteiger partial charge in [-0.15, -0.1) is 9.24 Å². The third-order valence-corrected chi connectivity index (χ3v) is 5.88. The maximum atomic E-state index is 8.68. The molecule has 1 N–H and O–H groups in total. The van der Waals surface area contributed by atoms with E-state index in [9.17, 15) is 0 Å². The minimum atomic E-state index is 0.550. The van der Waals surface area contributed by atoms with Crippen LogP contribution in [0.15, 0.2) is 0 Å². The molecule has 3 aliphatic rings. The Morgan fingerprint density at radius 3 is 2.52 bits per heavy atom. The van der Waals surface area contributed by atoms with Crippen molar-refractivity contribution in [2.24, 2.45) is 11.3 Å². The van der Waals surface area contributed by atoms with Crippen molar-refractivity contribution in [1.29, 1.82) is 5.26 Å². The van der Waals surface area contributed by atoms with Gasteiger partial charge in [-0.05, 0) is 68.6 Å². The maximum Gasteiger partial charge on any atom is 0.0625 e. The average Bonchev–Trinajstić information content (AvgIpc) is 3.33. The van der Waals surface area contributed by atoms with Crippen LogP contribution < -0.4 is 5.32 Å². The van der Waals surface area contributed by atoms with Crippen LogP contribution in [0.5, 0.6) is 0 Å². The van der Waals surface area contributed by atoms with Gasteiger partial charge < -0.3 is 10.2 Å². The lowest BCUT2D eigenvalue weighted by atomic mass is 9.95. The van der Waals surface area contributed by atoms with E-state index in [2.05, 4.69) is 32.4 Å². The Bertz CT molecular complexity index is 369. The average molecular weight is 309 g/mol. The second-order valence-electron chi connectivity index (χ2n) is 7.81. The quantitative estimate of drug-likeness (QED) is 0.794. The summed E-state index contributed by atoms with van der Waals surface area (Å²) >= 11 is 0. The van der Waals surface area contributed by atoms with E-state index in [4.69, 9.17) is 5.26 Å². The van der Waals surface area contributed by atoms with Crippen LogP contribution in [-0.2, 0) is 0 Å². The minimum absolute atomic E-state index is 0.550. The SMILES string of the molecule is CNCC1(C)CC1.N#CCC1CCCN(CC2(P)CC2)C1. The summed E-state index contributed by atoms with van der Waals surface area (Å²) in [7, 11) is 5.02. The second kappa shape index (κ2) is 7.40. The van der Waals surface area contributed by atoms with Crippen LogP contribution in [0.1, 0.15) is 51.9 Å². The van der Waals surface area contributed by atoms with Crippen LogP contribution in [-0.4, -0.2) is 43.3 Å². The second-order valence-corrected chi connectivity index (χ2v) is 9.03. The molecule has 21 heavy (non-hydrogen) atoms. The Labute approximate surface area is 133 Å². The Kier molecular flexibility index (Phi) is 6.06. The first-order valence-corrected chi connectivity index (χ1v) is 9.09. The van der Waals surface area contributed by atoms with Crippen molar-refractivity contribution in [2.75, 3.05) is 33.2 Å². The molecular formula is C17H32N3P. The van der Waals surface area contributed by atoms with Crippen LogP contribution in [0.25, 0.3) is 0 Å². The summed E-state index contributed by atoms with van der Waals surface area (Å²) in [5.41, 5.74) is 0.689. The molecule has 1 aliphatic heterocycles. The smallest absolute Gasteiger partial charge is 0.0625 e. The van der Waals surface area contributed by atoms with Crippen LogP contribution in [0, 0.1) is 22.7 Å². The van der Waals surface area contributed by atoms with Gasteiger partial charge in [0, 0.05) is 26.1 Å². The largest absolute Gasteiger partial charge is 0.319 e. The molecule has 0 amide bonds. The molecule has 0 aromatic carbocycles. The predicted octanol–water partition coefficient (Wildman–Crippen LogP) is 3.03. The molecule has 0 spiro atoms. The van der Waals surface area contributed by atoms with Crippen LogP contribution in [0.3, 0.4) is 0 Å². The van der Waals surface area contributed by atoms with E-state index in [0.717, 1.165) is 13.0 Å². The number of hydrogen-bond acceptors (Lipinski definition) is 3. The van der Waals surface area contributed by atoms with Gasteiger partial charge in [-0.1, -0.05) is 6.92 Å². The van der Waals surface area contributed by atoms with E-state index in [-0.39, 0.29) is 0 Å². The Morgan fingerprint density at radius 2 is 2.05 bits per heavy atom. The van der Waals surface area contributed by atoms with E-state index in [1.165, 1.54) is 58.2 Å². The summed E-state index contributed by atoms with van der Waals surface area (Å²) in [6, 6.07) is 2.30. The number of hydrogen-bond donors (Lipinski definition) is 1. The van der Waals surface area contributed by atoms with Gasteiger partial charge in [0.05, 0.1) is 6.07 Å². The molecule has 1 heterocycles. The zero-order valence-electron chi connectivity index (χ0n) is 13.8. The summed E-state index contributed by atoms with van der Waals surface area (Å²) in [5, 5.41) is 12.4. The van der Waals surface area contributed by atoms with Gasteiger partial charge >= 0.3 is 0 Å². The van der Waals surface area contributed by atoms with E-state index in [1.54, 1.807) is 0 Å². The van der Waals surface area contributed by atoms with Crippen LogP contribution >= 0.6 is 9.24 Å². The molecule has 0 radical (unpaired) electrons. The van der Waals surface area contributed by atoms with E-state index >= 15 is 0 Å². The molecule has 0 aromatic rings. The Morgan fingerprint density at radius 1 is 1.33 bits per heavy atom. The van der Waals surface area contributed by atoms with Gasteiger partial charge in [0.25, 0.3) is 0 Å². The zero-order valence-corrected chi connectivity index (χ0v) is 15.0. The molecule has 3 rings (SSSR count). The fraction of sp³-hybridized carbons (Fsp3) is 0.941. The fourth-order valence-corrected chi connectivity index (χ4v) is 3.57. The van der Waals surface area contributed by atoms with Gasteiger partial charge in [-0.25, -0.2) is 0 Å². The number of nitriles is 1. The van der Waals surface area contributed by atoms with Gasteiger partial charge in [0.2, 0.25) is 0 Å². The first-order chi connectivity index (χ1) is 9.99. The molecule has 2 unspecified atom stereocenters. The molecular weight excluding hydrogens is 277 g/mol. The molecule has 3 nitrogen and oxygen atoms in total. The van der Waals surface area contributed by atoms with Crippen molar-refractivity contribution in [3.8, 4) is 6.07 Å². The molecule has 3 fully saturated rings. The van der Waals surface area contributed by atoms with Gasteiger partial charge in [-0.3, -0.25) is 0 Å². The standard InChI is InChI=1S/C11H19N2P.C6H13N/c12-6-3-10-2-1-7-13(8-10)9-11(14)4-5-11;1-6(3-4-6)5-7-2/h10H,1-5,7-9,14H2;7H,3-5H2,1-2H3. The van der Waals surface area contributed by atoms with Crippen molar-refractivity contribution >= 4 is 9.24 Å². The number of nitrogens with one attached hydrogen (secondary N) is 1. The van der Waals surface area contributed by atoms with Crippen molar-refractivity contribution < 1.29 is 0 Å². The first-order valence-electron chi connectivity index (χ1n) is 8.51. The summed E-state index contributed by atoms with van der Waals surface area (Å²) in [4.78, 5) is 2.56. The molecule has 2 atom stereocenters. The molecule has 2 aliphatic carbocycles. The Hall–Kier alpha value is -0.160. The van der Waals surface area contributed by atoms with E-state index in [0.29, 0.717) is 16.5 Å². The maximum absolute atomic E-state index is 8.68. The highest BCUT2D eigenvalue weighted by Gasteiger charge is 2.39. The third-order valence-electron chi connectivity index (χ3n) is 5.12. The minimum Gasteiger partial charge on any atom is -0.319 e. The summed E-state index contributed by atoms with van der Waals surface area (Å²) in [6.07, 6.45) is 8.89. The monoisotopic (exact) mass is 309 g/mol. The normalized spacial score (nSPS) is 29.0. The topological polar surface area (TPSA) is 39.1 Å². The van der Waals surface area contributed by atoms with Crippen molar-refractivity contribution in [3.63, 3.8) is 0 Å². The molecule has 120 valence electrons. The lowest BCUT2D eigenvalue weighted by molar-refractivity contribution is 0.175. The first kappa shape index (κ1) is 17.2. The summed E-state index contributed by atoms with van der Waals surface area (Å²) in [5.74, 6) is 0.640. The highest BCUT2D eigenvalue weighted by molar-refractivity contribution is 7.19. The number of piperidine rings is 1. The molecule has 1 saturated heterocycles. The van der Waals surface area contributed by atoms with Crippen LogP contribution in [0.4, 0.5) is 0 Å². The molecule has 2 saturated carbocycles. The summed E-state index contributed by atoms with van der Waals surface area (Å²) in [6.45, 7) is 7.16. The summed E-state index contributed by atoms with van der Waals surface area (Å²) < 4.78 is 0. The van der Waals surface area contributed by atoms with Gasteiger partial charge in [0.15, 0.2) is 0 Å². The number of likely N-dealkylation sites (tertiary alicyclic amines) is 1. The van der Waals surface area contributed by atoms with Gasteiger partial charge in [-0.2, -0.15) is 5.26 Å². The van der Waals surface area contributed by atoms with Crippen molar-refractivity contribution in [3.05, 3.63) is 0 Å². The van der Waals surface area contributed by atoms with E-state index < -0.39 is 0 Å². The van der Waals surface area contributed by atoms with Crippen molar-refractivity contribution in [1.82, 2.24) is 10.2 Å². The lowest BCUT2D eigenvalue weighted by Gasteiger charge is -2.33. The number of rotatable bonds is 5. The zero-order chi connectivity index (χ0) is 15.3. The van der Waals surface area contributed by atoms with Crippen molar-refractivity contribution in [2.45, 2.75) is 57.0 Å². The van der Waals surface area contributed by atoms with E-state index in [1.807, 2.05) is 7.05 Å². The van der Waals surface area contributed by atoms with Gasteiger partial charge in [0.1, 0.15) is 0 Å². The predicted molar refractivity (Wildman–Crippen MR) is 92.3 cm³/mol. The molecule has 4 heteroatoms. The Balaban J connectivity index is 0.000000194. The highest BCUT2D eigenvalue weighted by atomic mass is 31.0. The third kappa shape index (κ3) is 6.23. The van der Waals surface area contributed by atoms with Crippen LogP contribution in [0.2, 0.25) is 0 Å².